The maximum Gasteiger partial charge on any atom is 0.0786 e. The van der Waals surface area contributed by atoms with Crippen molar-refractivity contribution in [1.82, 2.24) is 0 Å². The van der Waals surface area contributed by atoms with Crippen LogP contribution in [0.1, 0.15) is 79.1 Å². The summed E-state index contributed by atoms with van der Waals surface area (Å²) in [5, 5.41) is 0. The average Bonchev–Trinajstić information content (AvgIpc) is 2.37. The van der Waals surface area contributed by atoms with Crippen molar-refractivity contribution in [1.29, 1.82) is 0 Å². The highest BCUT2D eigenvalue weighted by Crippen LogP contribution is 2.16. The minimum Gasteiger partial charge on any atom is -0.412 e. The molecule has 0 aromatic rings. The number of hydrogen-bond acceptors (Lipinski definition) is 0. The van der Waals surface area contributed by atoms with Crippen LogP contribution in [0.15, 0.2) is 0 Å². The summed E-state index contributed by atoms with van der Waals surface area (Å²) in [5.41, 5.74) is 0. The summed E-state index contributed by atoms with van der Waals surface area (Å²) in [7, 11) is 0. The second-order valence-corrected chi connectivity index (χ2v) is 5.65. The van der Waals surface area contributed by atoms with E-state index in [0.717, 1.165) is 0 Å². The van der Waals surface area contributed by atoms with Gasteiger partial charge in [0.15, 0.2) is 0 Å². The Balaban J connectivity index is -0.000000213. The summed E-state index contributed by atoms with van der Waals surface area (Å²) in [5.74, 6) is 0. The third-order valence-corrected chi connectivity index (χ3v) is 3.94. The number of halogens is 1. The lowest BCUT2D eigenvalue weighted by Crippen LogP contribution is -2.50. The zero-order valence-electron chi connectivity index (χ0n) is 14.8. The highest BCUT2D eigenvalue weighted by Gasteiger charge is 2.24. The Hall–Kier alpha value is -0.230. The number of rotatable bonds is 12. The molecule has 0 amide bonds. The molecule has 21 heavy (non-hydrogen) atoms. The topological polar surface area (TPSA) is 94.5 Å². The van der Waals surface area contributed by atoms with E-state index in [2.05, 4.69) is 27.7 Å². The van der Waals surface area contributed by atoms with E-state index in [0.29, 0.717) is 0 Å². The third-order valence-electron chi connectivity index (χ3n) is 3.94. The van der Waals surface area contributed by atoms with Crippen molar-refractivity contribution in [2.24, 2.45) is 0 Å². The van der Waals surface area contributed by atoms with Crippen molar-refractivity contribution >= 4 is 0 Å². The summed E-state index contributed by atoms with van der Waals surface area (Å²) < 4.78 is 1.42. The molecule has 0 rings (SSSR count). The van der Waals surface area contributed by atoms with Crippen LogP contribution >= 0.6 is 0 Å². The van der Waals surface area contributed by atoms with Gasteiger partial charge in [-0.2, -0.15) is 0 Å². The maximum absolute atomic E-state index is 2.33. The Morgan fingerprint density at radius 2 is 0.667 bits per heavy atom. The molecule has 0 aromatic heterocycles. The SMILES string of the molecule is CCCC[N+](CCCC)(CCCC)CCCC.F.O.O.O. The van der Waals surface area contributed by atoms with Gasteiger partial charge in [0, 0.05) is 0 Å². The fourth-order valence-corrected chi connectivity index (χ4v) is 2.64. The Morgan fingerprint density at radius 3 is 0.810 bits per heavy atom. The largest absolute Gasteiger partial charge is 0.412 e. The monoisotopic (exact) mass is 316 g/mol. The molecule has 5 heteroatoms. The first kappa shape index (κ1) is 32.6. The minimum absolute atomic E-state index is 0. The standard InChI is InChI=1S/C16H36N.FH.3H2O/c1-5-9-13-17(14-10-6-2,15-11-7-3)16-12-8-4;;;;/h5-16H2,1-4H3;1H;3*1H2/q+1;;;;. The molecule has 0 aromatic carbocycles. The predicted octanol–water partition coefficient (Wildman–Crippen LogP) is 2.68. The van der Waals surface area contributed by atoms with Crippen LogP contribution in [-0.4, -0.2) is 47.1 Å². The van der Waals surface area contributed by atoms with Gasteiger partial charge in [-0.3, -0.25) is 4.70 Å². The molecule has 0 atom stereocenters. The summed E-state index contributed by atoms with van der Waals surface area (Å²) in [6.45, 7) is 15.0. The highest BCUT2D eigenvalue weighted by atomic mass is 19.0. The van der Waals surface area contributed by atoms with Crippen LogP contribution in [0.25, 0.3) is 0 Å². The molecule has 0 fully saturated rings. The van der Waals surface area contributed by atoms with E-state index in [9.17, 15) is 0 Å². The molecule has 0 radical (unpaired) electrons. The van der Waals surface area contributed by atoms with E-state index >= 15 is 0 Å². The van der Waals surface area contributed by atoms with Gasteiger partial charge in [-0.25, -0.2) is 0 Å². The van der Waals surface area contributed by atoms with E-state index in [1.807, 2.05) is 0 Å². The van der Waals surface area contributed by atoms with Gasteiger partial charge in [0.25, 0.3) is 0 Å². The molecule has 0 spiro atoms. The zero-order valence-corrected chi connectivity index (χ0v) is 14.8. The Labute approximate surface area is 131 Å². The van der Waals surface area contributed by atoms with Crippen molar-refractivity contribution < 1.29 is 25.6 Å². The van der Waals surface area contributed by atoms with Gasteiger partial charge in [0.05, 0.1) is 26.2 Å². The van der Waals surface area contributed by atoms with Gasteiger partial charge < -0.3 is 20.9 Å². The molecule has 0 aliphatic rings. The van der Waals surface area contributed by atoms with Crippen molar-refractivity contribution in [3.8, 4) is 0 Å². The van der Waals surface area contributed by atoms with E-state index in [1.165, 1.54) is 82.0 Å². The van der Waals surface area contributed by atoms with Gasteiger partial charge in [-0.05, 0) is 25.7 Å². The van der Waals surface area contributed by atoms with Crippen LogP contribution in [0.5, 0.6) is 0 Å². The minimum atomic E-state index is 0. The second-order valence-electron chi connectivity index (χ2n) is 5.65. The van der Waals surface area contributed by atoms with Crippen LogP contribution < -0.4 is 0 Å². The lowest BCUT2D eigenvalue weighted by Gasteiger charge is -2.39. The first-order valence-electron chi connectivity index (χ1n) is 8.09. The lowest BCUT2D eigenvalue weighted by molar-refractivity contribution is -0.929. The molecule has 0 unspecified atom stereocenters. The molecular formula is C16H43FNO3+. The summed E-state index contributed by atoms with van der Waals surface area (Å²) in [6, 6.07) is 0. The third kappa shape index (κ3) is 16.0. The van der Waals surface area contributed by atoms with Gasteiger partial charge >= 0.3 is 0 Å². The molecule has 4 nitrogen and oxygen atoms in total. The van der Waals surface area contributed by atoms with Crippen LogP contribution in [-0.2, 0) is 0 Å². The normalized spacial score (nSPS) is 9.71. The van der Waals surface area contributed by atoms with E-state index in [-0.39, 0.29) is 21.1 Å². The van der Waals surface area contributed by atoms with Crippen LogP contribution in [0, 0.1) is 0 Å². The van der Waals surface area contributed by atoms with Gasteiger partial charge in [0.2, 0.25) is 0 Å². The summed E-state index contributed by atoms with van der Waals surface area (Å²) >= 11 is 0. The Bertz CT molecular complexity index is 134. The fraction of sp³-hybridized carbons (Fsp3) is 1.00. The zero-order chi connectivity index (χ0) is 13.0. The number of quaternary nitrogens is 1. The molecule has 6 N–H and O–H groups in total. The Kier molecular flexibility index (Phi) is 34.3. The highest BCUT2D eigenvalue weighted by molar-refractivity contribution is 4.49. The molecule has 0 bridgehead atoms. The number of hydrogen-bond donors (Lipinski definition) is 0. The first-order chi connectivity index (χ1) is 8.24. The predicted molar refractivity (Wildman–Crippen MR) is 92.7 cm³/mol. The van der Waals surface area contributed by atoms with E-state index in [1.54, 1.807) is 0 Å². The van der Waals surface area contributed by atoms with Gasteiger partial charge in [-0.15, -0.1) is 0 Å². The smallest absolute Gasteiger partial charge is 0.0786 e. The van der Waals surface area contributed by atoms with Crippen molar-refractivity contribution in [2.45, 2.75) is 79.1 Å². The molecule has 0 heterocycles. The number of nitrogens with zero attached hydrogens (tertiary/aromatic N) is 1. The maximum atomic E-state index is 2.33. The van der Waals surface area contributed by atoms with Crippen LogP contribution in [0.4, 0.5) is 4.70 Å². The van der Waals surface area contributed by atoms with Crippen molar-refractivity contribution in [2.75, 3.05) is 26.2 Å². The van der Waals surface area contributed by atoms with Gasteiger partial charge in [-0.1, -0.05) is 53.4 Å². The van der Waals surface area contributed by atoms with Gasteiger partial charge in [0.1, 0.15) is 0 Å². The summed E-state index contributed by atoms with van der Waals surface area (Å²) in [6.07, 6.45) is 11.1. The lowest BCUT2D eigenvalue weighted by atomic mass is 10.1. The molecule has 0 aliphatic carbocycles. The quantitative estimate of drug-likeness (QED) is 0.495. The Morgan fingerprint density at radius 1 is 0.476 bits per heavy atom. The number of unbranched alkanes of at least 4 members (excludes halogenated alkanes) is 4. The van der Waals surface area contributed by atoms with E-state index in [4.69, 9.17) is 0 Å². The molecular weight excluding hydrogens is 273 g/mol. The first-order valence-corrected chi connectivity index (χ1v) is 8.09. The summed E-state index contributed by atoms with van der Waals surface area (Å²) in [4.78, 5) is 0. The molecule has 0 saturated heterocycles. The molecule has 0 aliphatic heterocycles. The van der Waals surface area contributed by atoms with Crippen molar-refractivity contribution in [3.05, 3.63) is 0 Å². The fourth-order valence-electron chi connectivity index (χ4n) is 2.64. The van der Waals surface area contributed by atoms with Crippen LogP contribution in [0.2, 0.25) is 0 Å². The average molecular weight is 317 g/mol. The molecule has 0 saturated carbocycles. The second kappa shape index (κ2) is 22.1. The van der Waals surface area contributed by atoms with E-state index < -0.39 is 0 Å². The molecule has 136 valence electrons. The van der Waals surface area contributed by atoms with Crippen molar-refractivity contribution in [3.63, 3.8) is 0 Å². The van der Waals surface area contributed by atoms with Crippen LogP contribution in [0.3, 0.4) is 0 Å².